The summed E-state index contributed by atoms with van der Waals surface area (Å²) in [6.07, 6.45) is 0.301. The molecule has 0 aliphatic carbocycles. The fourth-order valence-corrected chi connectivity index (χ4v) is 1.14. The van der Waals surface area contributed by atoms with Crippen LogP contribution in [0.25, 0.3) is 0 Å². The smallest absolute Gasteiger partial charge is 0.255 e. The van der Waals surface area contributed by atoms with Gasteiger partial charge < -0.3 is 10.1 Å². The number of imide groups is 1. The van der Waals surface area contributed by atoms with E-state index in [9.17, 15) is 9.59 Å². The van der Waals surface area contributed by atoms with E-state index in [0.717, 1.165) is 0 Å². The monoisotopic (exact) mass is 186 g/mol. The number of carbonyl (C=O) groups excluding carboxylic acids is 2. The first kappa shape index (κ1) is 10.1. The number of rotatable bonds is 3. The van der Waals surface area contributed by atoms with Gasteiger partial charge in [-0.15, -0.1) is 0 Å². The maximum atomic E-state index is 11.3. The van der Waals surface area contributed by atoms with Crippen LogP contribution in [0.3, 0.4) is 0 Å². The lowest BCUT2D eigenvalue weighted by molar-refractivity contribution is -0.144. The van der Waals surface area contributed by atoms with E-state index in [1.165, 1.54) is 4.90 Å². The van der Waals surface area contributed by atoms with Crippen LogP contribution in [0.2, 0.25) is 0 Å². The highest BCUT2D eigenvalue weighted by Crippen LogP contribution is 2.01. The molecule has 0 unspecified atom stereocenters. The summed E-state index contributed by atoms with van der Waals surface area (Å²) >= 11 is 0. The van der Waals surface area contributed by atoms with Crippen LogP contribution >= 0.6 is 0 Å². The molecule has 0 bridgehead atoms. The van der Waals surface area contributed by atoms with E-state index in [1.807, 2.05) is 0 Å². The minimum Gasteiger partial charge on any atom is -0.371 e. The summed E-state index contributed by atoms with van der Waals surface area (Å²) in [7, 11) is 1.78. The zero-order chi connectivity index (χ0) is 9.68. The van der Waals surface area contributed by atoms with E-state index in [-0.39, 0.29) is 18.4 Å². The number of hydrogen-bond acceptors (Lipinski definition) is 4. The quantitative estimate of drug-likeness (QED) is 0.573. The Balaban J connectivity index is 2.53. The lowest BCUT2D eigenvalue weighted by Gasteiger charge is -2.17. The fourth-order valence-electron chi connectivity index (χ4n) is 1.14. The van der Waals surface area contributed by atoms with Crippen LogP contribution in [0.4, 0.5) is 0 Å². The van der Waals surface area contributed by atoms with Crippen LogP contribution in [0.1, 0.15) is 6.42 Å². The zero-order valence-corrected chi connectivity index (χ0v) is 7.71. The summed E-state index contributed by atoms with van der Waals surface area (Å²) in [5.41, 5.74) is 0. The minimum absolute atomic E-state index is 0.0233. The summed E-state index contributed by atoms with van der Waals surface area (Å²) in [6.45, 7) is 1.42. The maximum absolute atomic E-state index is 11.3. The molecule has 0 aromatic heterocycles. The second-order valence-corrected chi connectivity index (χ2v) is 2.85. The average Bonchev–Trinajstić information content (AvgIpc) is 2.26. The highest BCUT2D eigenvalue weighted by Gasteiger charge is 2.23. The number of likely N-dealkylation sites (N-methyl/N-ethyl adjacent to an activating group) is 1. The first-order valence-electron chi connectivity index (χ1n) is 4.31. The number of nitrogens with one attached hydrogen (secondary N) is 1. The van der Waals surface area contributed by atoms with Gasteiger partial charge >= 0.3 is 0 Å². The molecular weight excluding hydrogens is 172 g/mol. The van der Waals surface area contributed by atoms with E-state index in [1.54, 1.807) is 7.05 Å². The van der Waals surface area contributed by atoms with Gasteiger partial charge in [0.1, 0.15) is 6.61 Å². The van der Waals surface area contributed by atoms with E-state index < -0.39 is 0 Å². The zero-order valence-electron chi connectivity index (χ0n) is 7.71. The molecule has 1 rings (SSSR count). The molecule has 0 aromatic rings. The molecule has 1 heterocycles. The first-order valence-corrected chi connectivity index (χ1v) is 4.31. The third kappa shape index (κ3) is 2.78. The van der Waals surface area contributed by atoms with Crippen LogP contribution in [-0.4, -0.2) is 50.1 Å². The van der Waals surface area contributed by atoms with E-state index >= 15 is 0 Å². The van der Waals surface area contributed by atoms with Crippen molar-refractivity contribution in [2.24, 2.45) is 0 Å². The lowest BCUT2D eigenvalue weighted by Crippen LogP contribution is -2.40. The molecule has 1 aliphatic heterocycles. The number of ether oxygens (including phenoxy) is 1. The molecule has 5 nitrogen and oxygen atoms in total. The Morgan fingerprint density at radius 2 is 2.23 bits per heavy atom. The third-order valence-electron chi connectivity index (χ3n) is 1.87. The summed E-state index contributed by atoms with van der Waals surface area (Å²) in [5.74, 6) is -0.379. The Kier molecular flexibility index (Phi) is 3.85. The van der Waals surface area contributed by atoms with Gasteiger partial charge in [-0.3, -0.25) is 14.5 Å². The van der Waals surface area contributed by atoms with Crippen LogP contribution < -0.4 is 5.32 Å². The van der Waals surface area contributed by atoms with Crippen molar-refractivity contribution in [1.29, 1.82) is 0 Å². The number of carbonyl (C=O) groups is 2. The predicted octanol–water partition coefficient (Wildman–Crippen LogP) is -1.02. The molecule has 2 amide bonds. The van der Waals surface area contributed by atoms with Crippen molar-refractivity contribution in [3.05, 3.63) is 0 Å². The van der Waals surface area contributed by atoms with Crippen molar-refractivity contribution >= 4 is 11.8 Å². The van der Waals surface area contributed by atoms with Gasteiger partial charge in [0.15, 0.2) is 0 Å². The number of hydrogen-bond donors (Lipinski definition) is 1. The average molecular weight is 186 g/mol. The van der Waals surface area contributed by atoms with E-state index in [4.69, 9.17) is 4.74 Å². The SMILES string of the molecule is CNCCN1C(=O)CCOCC1=O. The molecule has 1 fully saturated rings. The van der Waals surface area contributed by atoms with Crippen LogP contribution in [0, 0.1) is 0 Å². The molecule has 74 valence electrons. The third-order valence-corrected chi connectivity index (χ3v) is 1.87. The molecular formula is C8H14N2O3. The lowest BCUT2D eigenvalue weighted by atomic mass is 10.3. The Hall–Kier alpha value is -0.940. The normalized spacial score (nSPS) is 19.0. The highest BCUT2D eigenvalue weighted by atomic mass is 16.5. The van der Waals surface area contributed by atoms with Crippen molar-refractivity contribution in [2.75, 3.05) is 33.4 Å². The van der Waals surface area contributed by atoms with Crippen molar-refractivity contribution in [3.63, 3.8) is 0 Å². The Bertz CT molecular complexity index is 188. The molecule has 0 spiro atoms. The summed E-state index contributed by atoms with van der Waals surface area (Å²) in [4.78, 5) is 23.9. The van der Waals surface area contributed by atoms with Crippen LogP contribution in [0.15, 0.2) is 0 Å². The van der Waals surface area contributed by atoms with Gasteiger partial charge in [-0.1, -0.05) is 0 Å². The standard InChI is InChI=1S/C8H14N2O3/c1-9-3-4-10-7(11)2-5-13-6-8(10)12/h9H,2-6H2,1H3. The maximum Gasteiger partial charge on any atom is 0.255 e. The van der Waals surface area contributed by atoms with Crippen molar-refractivity contribution in [2.45, 2.75) is 6.42 Å². The summed E-state index contributed by atoms with van der Waals surface area (Å²) in [5, 5.41) is 2.89. The molecule has 13 heavy (non-hydrogen) atoms. The number of nitrogens with zero attached hydrogens (tertiary/aromatic N) is 1. The van der Waals surface area contributed by atoms with Gasteiger partial charge in [-0.25, -0.2) is 0 Å². The van der Waals surface area contributed by atoms with Gasteiger partial charge in [0.25, 0.3) is 5.91 Å². The molecule has 0 saturated carbocycles. The molecule has 0 radical (unpaired) electrons. The summed E-state index contributed by atoms with van der Waals surface area (Å²) in [6, 6.07) is 0. The largest absolute Gasteiger partial charge is 0.371 e. The molecule has 5 heteroatoms. The van der Waals surface area contributed by atoms with Crippen molar-refractivity contribution in [1.82, 2.24) is 10.2 Å². The first-order chi connectivity index (χ1) is 6.25. The predicted molar refractivity (Wildman–Crippen MR) is 46.1 cm³/mol. The highest BCUT2D eigenvalue weighted by molar-refractivity contribution is 5.96. The summed E-state index contributed by atoms with van der Waals surface area (Å²) < 4.78 is 4.95. The fraction of sp³-hybridized carbons (Fsp3) is 0.750. The van der Waals surface area contributed by atoms with Crippen LogP contribution in [0.5, 0.6) is 0 Å². The molecule has 1 saturated heterocycles. The van der Waals surface area contributed by atoms with E-state index in [2.05, 4.69) is 5.32 Å². The van der Waals surface area contributed by atoms with Gasteiger partial charge in [0.2, 0.25) is 5.91 Å². The van der Waals surface area contributed by atoms with Gasteiger partial charge in [0.05, 0.1) is 13.0 Å². The van der Waals surface area contributed by atoms with Gasteiger partial charge in [0, 0.05) is 13.1 Å². The second-order valence-electron chi connectivity index (χ2n) is 2.85. The van der Waals surface area contributed by atoms with Crippen molar-refractivity contribution < 1.29 is 14.3 Å². The molecule has 0 atom stereocenters. The van der Waals surface area contributed by atoms with Crippen LogP contribution in [-0.2, 0) is 14.3 Å². The Morgan fingerprint density at radius 1 is 1.46 bits per heavy atom. The second kappa shape index (κ2) is 4.94. The number of amides is 2. The van der Waals surface area contributed by atoms with E-state index in [0.29, 0.717) is 26.1 Å². The van der Waals surface area contributed by atoms with Crippen molar-refractivity contribution in [3.8, 4) is 0 Å². The molecule has 0 aromatic carbocycles. The van der Waals surface area contributed by atoms with Gasteiger partial charge in [-0.05, 0) is 7.05 Å². The molecule has 1 N–H and O–H groups in total. The minimum atomic E-state index is -0.238. The molecule has 1 aliphatic rings. The Labute approximate surface area is 77.0 Å². The van der Waals surface area contributed by atoms with Gasteiger partial charge in [-0.2, -0.15) is 0 Å². The Morgan fingerprint density at radius 3 is 2.92 bits per heavy atom. The topological polar surface area (TPSA) is 58.6 Å².